The van der Waals surface area contributed by atoms with E-state index in [0.717, 1.165) is 0 Å². The van der Waals surface area contributed by atoms with Gasteiger partial charge in [-0.1, -0.05) is 18.2 Å². The smallest absolute Gasteiger partial charge is 0.156 e. The molecule has 0 spiro atoms. The van der Waals surface area contributed by atoms with E-state index in [1.807, 2.05) is 6.07 Å². The first-order valence-electron chi connectivity index (χ1n) is 5.37. The summed E-state index contributed by atoms with van der Waals surface area (Å²) in [5.74, 6) is 0.829. The van der Waals surface area contributed by atoms with Gasteiger partial charge in [0.25, 0.3) is 0 Å². The van der Waals surface area contributed by atoms with Gasteiger partial charge in [-0.15, -0.1) is 0 Å². The Balaban J connectivity index is 2.37. The lowest BCUT2D eigenvalue weighted by Gasteiger charge is -2.11. The van der Waals surface area contributed by atoms with Crippen LogP contribution in [-0.4, -0.2) is 15.9 Å². The molecule has 92 valence electrons. The predicted molar refractivity (Wildman–Crippen MR) is 67.7 cm³/mol. The van der Waals surface area contributed by atoms with Crippen LogP contribution >= 0.6 is 0 Å². The fraction of sp³-hybridized carbons (Fsp3) is 0.0769. The molecule has 18 heavy (non-hydrogen) atoms. The van der Waals surface area contributed by atoms with Crippen LogP contribution in [0.2, 0.25) is 0 Å². The number of para-hydroxylation sites is 1. The van der Waals surface area contributed by atoms with Gasteiger partial charge in [-0.2, -0.15) is 0 Å². The van der Waals surface area contributed by atoms with E-state index < -0.39 is 0 Å². The number of aromatic nitrogens is 1. The summed E-state index contributed by atoms with van der Waals surface area (Å²) in [4.78, 5) is 3.94. The van der Waals surface area contributed by atoms with Gasteiger partial charge in [-0.3, -0.25) is 10.4 Å². The van der Waals surface area contributed by atoms with Crippen molar-refractivity contribution in [1.82, 2.24) is 4.98 Å². The lowest BCUT2D eigenvalue weighted by Crippen LogP contribution is -2.12. The van der Waals surface area contributed by atoms with Crippen molar-refractivity contribution in [1.29, 1.82) is 5.41 Å². The summed E-state index contributed by atoms with van der Waals surface area (Å²) in [5.41, 5.74) is 6.60. The molecule has 0 radical (unpaired) electrons. The molecule has 0 aliphatic heterocycles. The number of aliphatic hydroxyl groups excluding tert-OH is 1. The zero-order valence-electron chi connectivity index (χ0n) is 9.63. The maximum Gasteiger partial charge on any atom is 0.156 e. The molecule has 0 saturated heterocycles. The van der Waals surface area contributed by atoms with Gasteiger partial charge in [-0.25, -0.2) is 0 Å². The Labute approximate surface area is 104 Å². The van der Waals surface area contributed by atoms with Crippen LogP contribution in [0, 0.1) is 5.41 Å². The number of rotatable bonds is 4. The lowest BCUT2D eigenvalue weighted by atomic mass is 10.2. The summed E-state index contributed by atoms with van der Waals surface area (Å²) < 4.78 is 5.65. The molecule has 5 nitrogen and oxygen atoms in total. The van der Waals surface area contributed by atoms with Crippen LogP contribution < -0.4 is 10.5 Å². The standard InChI is InChI=1S/C13H13N3O2/c14-13(15)10-5-6-16-7-12(10)18-11-4-2-1-3-9(11)8-17/h1-7,17H,8H2,(H3,14,15). The zero-order chi connectivity index (χ0) is 13.0. The van der Waals surface area contributed by atoms with Crippen LogP contribution in [0.15, 0.2) is 42.7 Å². The number of hydrogen-bond donors (Lipinski definition) is 3. The Kier molecular flexibility index (Phi) is 3.54. The van der Waals surface area contributed by atoms with E-state index in [-0.39, 0.29) is 12.4 Å². The molecular weight excluding hydrogens is 230 g/mol. The molecule has 1 aromatic carbocycles. The maximum atomic E-state index is 9.21. The number of nitrogen functional groups attached to an aromatic ring is 1. The van der Waals surface area contributed by atoms with Gasteiger partial charge in [-0.05, 0) is 12.1 Å². The Hall–Kier alpha value is -2.40. The summed E-state index contributed by atoms with van der Waals surface area (Å²) in [6.45, 7) is -0.119. The summed E-state index contributed by atoms with van der Waals surface area (Å²) in [6, 6.07) is 8.73. The number of benzene rings is 1. The predicted octanol–water partition coefficient (Wildman–Crippen LogP) is 1.65. The topological polar surface area (TPSA) is 92.2 Å². The summed E-state index contributed by atoms with van der Waals surface area (Å²) in [7, 11) is 0. The number of amidine groups is 1. The minimum atomic E-state index is -0.119. The van der Waals surface area contributed by atoms with Crippen molar-refractivity contribution in [2.75, 3.05) is 0 Å². The van der Waals surface area contributed by atoms with Gasteiger partial charge < -0.3 is 15.6 Å². The van der Waals surface area contributed by atoms with Crippen LogP contribution in [-0.2, 0) is 6.61 Å². The van der Waals surface area contributed by atoms with Crippen molar-refractivity contribution < 1.29 is 9.84 Å². The number of hydrogen-bond acceptors (Lipinski definition) is 4. The molecule has 2 rings (SSSR count). The van der Waals surface area contributed by atoms with E-state index in [1.165, 1.54) is 6.20 Å². The van der Waals surface area contributed by atoms with Gasteiger partial charge in [0, 0.05) is 11.8 Å². The minimum Gasteiger partial charge on any atom is -0.455 e. The normalized spacial score (nSPS) is 10.1. The van der Waals surface area contributed by atoms with Crippen LogP contribution in [0.5, 0.6) is 11.5 Å². The van der Waals surface area contributed by atoms with Crippen LogP contribution in [0.4, 0.5) is 0 Å². The third-order valence-corrected chi connectivity index (χ3v) is 2.44. The highest BCUT2D eigenvalue weighted by Crippen LogP contribution is 2.27. The zero-order valence-corrected chi connectivity index (χ0v) is 9.63. The Morgan fingerprint density at radius 1 is 1.28 bits per heavy atom. The number of nitrogens with zero attached hydrogens (tertiary/aromatic N) is 1. The summed E-state index contributed by atoms with van der Waals surface area (Å²) >= 11 is 0. The molecule has 4 N–H and O–H groups in total. The first-order chi connectivity index (χ1) is 8.72. The summed E-state index contributed by atoms with van der Waals surface area (Å²) in [6.07, 6.45) is 3.03. The monoisotopic (exact) mass is 243 g/mol. The number of ether oxygens (including phenoxy) is 1. The van der Waals surface area contributed by atoms with Crippen molar-refractivity contribution in [3.05, 3.63) is 53.9 Å². The molecule has 1 aromatic heterocycles. The van der Waals surface area contributed by atoms with Gasteiger partial charge >= 0.3 is 0 Å². The number of pyridine rings is 1. The van der Waals surface area contributed by atoms with Crippen molar-refractivity contribution in [2.24, 2.45) is 5.73 Å². The number of nitrogens with two attached hydrogens (primary N) is 1. The molecule has 5 heteroatoms. The highest BCUT2D eigenvalue weighted by molar-refractivity contribution is 5.97. The molecule has 0 bridgehead atoms. The van der Waals surface area contributed by atoms with E-state index in [4.69, 9.17) is 15.9 Å². The maximum absolute atomic E-state index is 9.21. The molecular formula is C13H13N3O2. The molecule has 2 aromatic rings. The molecule has 0 aliphatic carbocycles. The van der Waals surface area contributed by atoms with Gasteiger partial charge in [0.05, 0.1) is 18.4 Å². The highest BCUT2D eigenvalue weighted by atomic mass is 16.5. The molecule has 0 saturated carbocycles. The van der Waals surface area contributed by atoms with Crippen molar-refractivity contribution in [2.45, 2.75) is 6.61 Å². The Bertz CT molecular complexity index is 570. The fourth-order valence-electron chi connectivity index (χ4n) is 1.54. The van der Waals surface area contributed by atoms with Gasteiger partial charge in [0.15, 0.2) is 5.75 Å². The van der Waals surface area contributed by atoms with Gasteiger partial charge in [0.1, 0.15) is 11.6 Å². The van der Waals surface area contributed by atoms with Gasteiger partial charge in [0.2, 0.25) is 0 Å². The Morgan fingerprint density at radius 2 is 2.06 bits per heavy atom. The van der Waals surface area contributed by atoms with Crippen molar-refractivity contribution in [3.63, 3.8) is 0 Å². The second-order valence-electron chi connectivity index (χ2n) is 3.65. The van der Waals surface area contributed by atoms with E-state index in [2.05, 4.69) is 4.98 Å². The van der Waals surface area contributed by atoms with Crippen LogP contribution in [0.3, 0.4) is 0 Å². The lowest BCUT2D eigenvalue weighted by molar-refractivity contribution is 0.276. The quantitative estimate of drug-likeness (QED) is 0.562. The summed E-state index contributed by atoms with van der Waals surface area (Å²) in [5, 5.41) is 16.7. The highest BCUT2D eigenvalue weighted by Gasteiger charge is 2.09. The third-order valence-electron chi connectivity index (χ3n) is 2.44. The first kappa shape index (κ1) is 12.1. The molecule has 0 atom stereocenters. The van der Waals surface area contributed by atoms with E-state index in [9.17, 15) is 5.11 Å². The Morgan fingerprint density at radius 3 is 2.78 bits per heavy atom. The SMILES string of the molecule is N=C(N)c1ccncc1Oc1ccccc1CO. The average molecular weight is 243 g/mol. The molecule has 1 heterocycles. The molecule has 0 unspecified atom stereocenters. The minimum absolute atomic E-state index is 0.0890. The second-order valence-corrected chi connectivity index (χ2v) is 3.65. The van der Waals surface area contributed by atoms with Crippen molar-refractivity contribution >= 4 is 5.84 Å². The molecule has 0 fully saturated rings. The van der Waals surface area contributed by atoms with Crippen LogP contribution in [0.25, 0.3) is 0 Å². The molecule has 0 aliphatic rings. The molecule has 0 amide bonds. The third kappa shape index (κ3) is 2.46. The number of nitrogens with one attached hydrogen (secondary N) is 1. The average Bonchev–Trinajstić information content (AvgIpc) is 2.40. The van der Waals surface area contributed by atoms with Crippen LogP contribution in [0.1, 0.15) is 11.1 Å². The number of aliphatic hydroxyl groups is 1. The van der Waals surface area contributed by atoms with Crippen molar-refractivity contribution in [3.8, 4) is 11.5 Å². The van der Waals surface area contributed by atoms with E-state index in [1.54, 1.807) is 30.5 Å². The fourth-order valence-corrected chi connectivity index (χ4v) is 1.54. The van der Waals surface area contributed by atoms with E-state index in [0.29, 0.717) is 22.6 Å². The first-order valence-corrected chi connectivity index (χ1v) is 5.37. The largest absolute Gasteiger partial charge is 0.455 e. The second kappa shape index (κ2) is 5.29. The van der Waals surface area contributed by atoms with E-state index >= 15 is 0 Å².